The van der Waals surface area contributed by atoms with Crippen LogP contribution in [0.2, 0.25) is 0 Å². The molecule has 3 aromatic rings. The predicted octanol–water partition coefficient (Wildman–Crippen LogP) is 3.25. The van der Waals surface area contributed by atoms with Crippen molar-refractivity contribution in [3.63, 3.8) is 0 Å². The quantitative estimate of drug-likeness (QED) is 0.482. The lowest BCUT2D eigenvalue weighted by atomic mass is 9.81. The van der Waals surface area contributed by atoms with Crippen LogP contribution in [-0.4, -0.2) is 78.4 Å². The maximum Gasteiger partial charge on any atom is 0.290 e. The number of nitrogens with zero attached hydrogens (tertiary/aromatic N) is 3. The summed E-state index contributed by atoms with van der Waals surface area (Å²) in [6, 6.07) is 16.0. The molecule has 9 nitrogen and oxygen atoms in total. The number of aliphatic hydroxyl groups is 1. The Bertz CT molecular complexity index is 1440. The van der Waals surface area contributed by atoms with E-state index in [0.29, 0.717) is 68.0 Å². The SMILES string of the molecule is CCCN1C(=O)C2(C(C(=O)c3cc4ccccc4o3)=C(O)C(=O)N2CCN2CCOCC2)c2ccccc21. The van der Waals surface area contributed by atoms with Gasteiger partial charge in [-0.05, 0) is 24.6 Å². The molecule has 1 saturated heterocycles. The molecule has 0 bridgehead atoms. The standard InChI is InChI=1S/C29H29N3O6/c1-2-11-31-21-9-5-4-8-20(21)29(28(31)36)24(25(33)23-18-19-7-3-6-10-22(19)38-23)26(34)27(35)32(29)13-12-30-14-16-37-17-15-30/h3-10,18,34H,2,11-17H2,1H3. The molecule has 1 fully saturated rings. The lowest BCUT2D eigenvalue weighted by Gasteiger charge is -2.37. The first kappa shape index (κ1) is 24.4. The van der Waals surface area contributed by atoms with E-state index < -0.39 is 28.9 Å². The van der Waals surface area contributed by atoms with Crippen LogP contribution >= 0.6 is 0 Å². The molecule has 0 aliphatic carbocycles. The van der Waals surface area contributed by atoms with Gasteiger partial charge in [-0.1, -0.05) is 43.3 Å². The van der Waals surface area contributed by atoms with Gasteiger partial charge in [0.1, 0.15) is 5.58 Å². The molecule has 9 heteroatoms. The number of anilines is 1. The maximum absolute atomic E-state index is 14.4. The molecule has 1 N–H and O–H groups in total. The number of hydrogen-bond acceptors (Lipinski definition) is 7. The second-order valence-corrected chi connectivity index (χ2v) is 9.80. The van der Waals surface area contributed by atoms with Crippen molar-refractivity contribution in [2.75, 3.05) is 50.8 Å². The van der Waals surface area contributed by atoms with Gasteiger partial charge in [0.2, 0.25) is 5.78 Å². The molecule has 1 spiro atoms. The summed E-state index contributed by atoms with van der Waals surface area (Å²) in [6.45, 7) is 5.58. The van der Waals surface area contributed by atoms with Crippen molar-refractivity contribution >= 4 is 34.3 Å². The number of para-hydroxylation sites is 2. The van der Waals surface area contributed by atoms with Crippen LogP contribution in [0.4, 0.5) is 5.69 Å². The predicted molar refractivity (Wildman–Crippen MR) is 140 cm³/mol. The van der Waals surface area contributed by atoms with Crippen molar-refractivity contribution in [1.82, 2.24) is 9.80 Å². The first-order valence-corrected chi connectivity index (χ1v) is 13.0. The highest BCUT2D eigenvalue weighted by Crippen LogP contribution is 2.53. The number of aliphatic hydroxyl groups excluding tert-OH is 1. The topological polar surface area (TPSA) is 104 Å². The summed E-state index contributed by atoms with van der Waals surface area (Å²) >= 11 is 0. The molecule has 4 heterocycles. The molecule has 196 valence electrons. The van der Waals surface area contributed by atoms with Crippen molar-refractivity contribution < 1.29 is 28.6 Å². The fourth-order valence-electron chi connectivity index (χ4n) is 5.90. The number of hydrogen-bond donors (Lipinski definition) is 1. The van der Waals surface area contributed by atoms with Crippen LogP contribution in [0, 0.1) is 0 Å². The van der Waals surface area contributed by atoms with Crippen LogP contribution in [0.1, 0.15) is 29.5 Å². The van der Waals surface area contributed by atoms with Crippen LogP contribution in [0.3, 0.4) is 0 Å². The van der Waals surface area contributed by atoms with E-state index in [2.05, 4.69) is 4.90 Å². The number of carbonyl (C=O) groups is 3. The number of morpholine rings is 1. The number of fused-ring (bicyclic) bond motifs is 3. The van der Waals surface area contributed by atoms with Gasteiger partial charge in [0.25, 0.3) is 11.8 Å². The fourth-order valence-corrected chi connectivity index (χ4v) is 5.90. The van der Waals surface area contributed by atoms with Gasteiger partial charge < -0.3 is 24.1 Å². The van der Waals surface area contributed by atoms with Crippen molar-refractivity contribution in [3.05, 3.63) is 77.3 Å². The highest BCUT2D eigenvalue weighted by atomic mass is 16.5. The molecular weight excluding hydrogens is 486 g/mol. The van der Waals surface area contributed by atoms with Crippen LogP contribution in [0.15, 0.2) is 70.3 Å². The second-order valence-electron chi connectivity index (χ2n) is 9.80. The Labute approximate surface area is 219 Å². The molecule has 2 aromatic carbocycles. The molecule has 1 atom stereocenters. The third kappa shape index (κ3) is 3.49. The molecule has 6 rings (SSSR count). The lowest BCUT2D eigenvalue weighted by molar-refractivity contribution is -0.140. The molecule has 1 aromatic heterocycles. The Morgan fingerprint density at radius 1 is 1.00 bits per heavy atom. The van der Waals surface area contributed by atoms with Gasteiger partial charge in [0, 0.05) is 43.7 Å². The number of Topliss-reactive ketones (excluding diaryl/α,β-unsaturated/α-hetero) is 1. The highest BCUT2D eigenvalue weighted by molar-refractivity contribution is 6.26. The summed E-state index contributed by atoms with van der Waals surface area (Å²) in [5.74, 6) is -2.57. The Hall–Kier alpha value is -3.95. The maximum atomic E-state index is 14.4. The molecular formula is C29H29N3O6. The Morgan fingerprint density at radius 3 is 2.50 bits per heavy atom. The number of benzene rings is 2. The number of carbonyl (C=O) groups excluding carboxylic acids is 3. The Kier molecular flexibility index (Phi) is 6.04. The second kappa shape index (κ2) is 9.41. The van der Waals surface area contributed by atoms with Crippen molar-refractivity contribution in [2.24, 2.45) is 0 Å². The molecule has 38 heavy (non-hydrogen) atoms. The average molecular weight is 516 g/mol. The summed E-state index contributed by atoms with van der Waals surface area (Å²) in [5.41, 5.74) is -0.385. The average Bonchev–Trinajstić information content (AvgIpc) is 3.55. The fraction of sp³-hybridized carbons (Fsp3) is 0.345. The Morgan fingerprint density at radius 2 is 1.74 bits per heavy atom. The van der Waals surface area contributed by atoms with Gasteiger partial charge >= 0.3 is 0 Å². The molecule has 3 aliphatic rings. The third-order valence-electron chi connectivity index (χ3n) is 7.66. The van der Waals surface area contributed by atoms with Crippen LogP contribution < -0.4 is 4.90 Å². The normalized spacial score (nSPS) is 21.8. The zero-order chi connectivity index (χ0) is 26.4. The molecule has 3 aliphatic heterocycles. The molecule has 2 amide bonds. The van der Waals surface area contributed by atoms with Gasteiger partial charge in [-0.15, -0.1) is 0 Å². The number of furan rings is 1. The first-order valence-electron chi connectivity index (χ1n) is 13.0. The summed E-state index contributed by atoms with van der Waals surface area (Å²) in [6.07, 6.45) is 0.681. The summed E-state index contributed by atoms with van der Waals surface area (Å²) in [5, 5.41) is 12.0. The number of amides is 2. The van der Waals surface area contributed by atoms with E-state index in [9.17, 15) is 19.5 Å². The minimum Gasteiger partial charge on any atom is -0.503 e. The molecule has 0 radical (unpaired) electrons. The van der Waals surface area contributed by atoms with E-state index in [1.54, 1.807) is 35.2 Å². The van der Waals surface area contributed by atoms with Crippen molar-refractivity contribution in [2.45, 2.75) is 18.9 Å². The molecule has 0 saturated carbocycles. The third-order valence-corrected chi connectivity index (χ3v) is 7.66. The number of ketones is 1. The van der Waals surface area contributed by atoms with Gasteiger partial charge in [-0.3, -0.25) is 19.3 Å². The van der Waals surface area contributed by atoms with Crippen LogP contribution in [0.5, 0.6) is 0 Å². The van der Waals surface area contributed by atoms with Crippen molar-refractivity contribution in [3.8, 4) is 0 Å². The molecule has 1 unspecified atom stereocenters. The van der Waals surface area contributed by atoms with Crippen LogP contribution in [-0.2, 0) is 19.9 Å². The van der Waals surface area contributed by atoms with E-state index in [4.69, 9.17) is 9.15 Å². The van der Waals surface area contributed by atoms with E-state index in [0.717, 1.165) is 0 Å². The number of ether oxygens (including phenoxy) is 1. The zero-order valence-corrected chi connectivity index (χ0v) is 21.2. The minimum atomic E-state index is -1.78. The summed E-state index contributed by atoms with van der Waals surface area (Å²) in [7, 11) is 0. The summed E-state index contributed by atoms with van der Waals surface area (Å²) in [4.78, 5) is 47.4. The number of rotatable bonds is 7. The summed E-state index contributed by atoms with van der Waals surface area (Å²) < 4.78 is 11.3. The van der Waals surface area contributed by atoms with Crippen molar-refractivity contribution in [1.29, 1.82) is 0 Å². The van der Waals surface area contributed by atoms with Gasteiger partial charge in [-0.25, -0.2) is 0 Å². The zero-order valence-electron chi connectivity index (χ0n) is 21.2. The van der Waals surface area contributed by atoms with E-state index in [1.807, 2.05) is 31.2 Å². The van der Waals surface area contributed by atoms with E-state index in [1.165, 1.54) is 4.90 Å². The van der Waals surface area contributed by atoms with Gasteiger partial charge in [0.05, 0.1) is 24.5 Å². The smallest absolute Gasteiger partial charge is 0.290 e. The largest absolute Gasteiger partial charge is 0.503 e. The van der Waals surface area contributed by atoms with E-state index >= 15 is 0 Å². The minimum absolute atomic E-state index is 0.0332. The first-order chi connectivity index (χ1) is 18.5. The lowest BCUT2D eigenvalue weighted by Crippen LogP contribution is -2.56. The van der Waals surface area contributed by atoms with Gasteiger partial charge in [0.15, 0.2) is 17.1 Å². The van der Waals surface area contributed by atoms with E-state index in [-0.39, 0.29) is 17.9 Å². The highest BCUT2D eigenvalue weighted by Gasteiger charge is 2.65. The van der Waals surface area contributed by atoms with Crippen LogP contribution in [0.25, 0.3) is 11.0 Å². The van der Waals surface area contributed by atoms with Gasteiger partial charge in [-0.2, -0.15) is 0 Å². The Balaban J connectivity index is 1.50. The monoisotopic (exact) mass is 515 g/mol.